The molecule has 1 aliphatic rings. The first kappa shape index (κ1) is 27.0. The lowest BCUT2D eigenvalue weighted by Gasteiger charge is -2.23. The first-order valence-corrected chi connectivity index (χ1v) is 11.7. The van der Waals surface area contributed by atoms with Crippen molar-refractivity contribution >= 4 is 41.0 Å². The van der Waals surface area contributed by atoms with E-state index >= 15 is 0 Å². The number of hydrogen-bond donors (Lipinski definition) is 1. The van der Waals surface area contributed by atoms with Gasteiger partial charge < -0.3 is 24.4 Å². The molecule has 0 radical (unpaired) electrons. The third kappa shape index (κ3) is 7.19. The van der Waals surface area contributed by atoms with Crippen LogP contribution in [0.15, 0.2) is 42.5 Å². The number of carbonyl (C=O) groups is 4. The number of amides is 3. The van der Waals surface area contributed by atoms with E-state index in [-0.39, 0.29) is 55.2 Å². The molecule has 0 bridgehead atoms. The van der Waals surface area contributed by atoms with Crippen molar-refractivity contribution in [1.29, 1.82) is 0 Å². The van der Waals surface area contributed by atoms with Crippen molar-refractivity contribution in [1.82, 2.24) is 10.2 Å². The number of halogens is 1. The van der Waals surface area contributed by atoms with Crippen LogP contribution in [0, 0.1) is 0 Å². The topological polar surface area (TPSA) is 114 Å². The largest absolute Gasteiger partial charge is 0.490 e. The molecular formula is C25H28ClN3O7. The number of nitrogens with zero attached hydrogens (tertiary/aromatic N) is 2. The van der Waals surface area contributed by atoms with E-state index in [4.69, 9.17) is 25.8 Å². The van der Waals surface area contributed by atoms with E-state index in [0.717, 1.165) is 5.56 Å². The van der Waals surface area contributed by atoms with Gasteiger partial charge in [-0.3, -0.25) is 24.1 Å². The highest BCUT2D eigenvalue weighted by atomic mass is 35.5. The van der Waals surface area contributed by atoms with E-state index in [2.05, 4.69) is 5.32 Å². The van der Waals surface area contributed by atoms with Gasteiger partial charge in [0, 0.05) is 32.8 Å². The highest BCUT2D eigenvalue weighted by molar-refractivity contribution is 6.34. The Morgan fingerprint density at radius 2 is 1.83 bits per heavy atom. The molecule has 36 heavy (non-hydrogen) atoms. The molecule has 11 heteroatoms. The maximum Gasteiger partial charge on any atom is 0.302 e. The number of rotatable bonds is 10. The van der Waals surface area contributed by atoms with Crippen molar-refractivity contribution in [3.63, 3.8) is 0 Å². The smallest absolute Gasteiger partial charge is 0.302 e. The minimum atomic E-state index is -0.460. The third-order valence-electron chi connectivity index (χ3n) is 5.33. The quantitative estimate of drug-likeness (QED) is 0.379. The summed E-state index contributed by atoms with van der Waals surface area (Å²) in [4.78, 5) is 52.5. The Morgan fingerprint density at radius 3 is 2.56 bits per heavy atom. The number of para-hydroxylation sites is 1. The number of anilines is 1. The van der Waals surface area contributed by atoms with E-state index < -0.39 is 11.9 Å². The second kappa shape index (κ2) is 12.9. The molecule has 3 amide bonds. The highest BCUT2D eigenvalue weighted by Crippen LogP contribution is 2.30. The molecule has 0 saturated carbocycles. The maximum atomic E-state index is 13.5. The Hall–Kier alpha value is -3.63. The molecule has 10 nitrogen and oxygen atoms in total. The lowest BCUT2D eigenvalue weighted by atomic mass is 10.1. The van der Waals surface area contributed by atoms with Gasteiger partial charge in [-0.2, -0.15) is 0 Å². The molecule has 2 aromatic rings. The lowest BCUT2D eigenvalue weighted by molar-refractivity contribution is -0.141. The summed E-state index contributed by atoms with van der Waals surface area (Å²) >= 11 is 6.40. The summed E-state index contributed by atoms with van der Waals surface area (Å²) in [7, 11) is 1.53. The fourth-order valence-electron chi connectivity index (χ4n) is 3.62. The summed E-state index contributed by atoms with van der Waals surface area (Å²) in [5.41, 5.74) is 1.48. The summed E-state index contributed by atoms with van der Waals surface area (Å²) in [5.74, 6) is -1.15. The zero-order valence-electron chi connectivity index (χ0n) is 20.1. The number of nitrogens with one attached hydrogen (secondary N) is 1. The van der Waals surface area contributed by atoms with Crippen molar-refractivity contribution in [3.05, 3.63) is 58.6 Å². The average Bonchev–Trinajstić information content (AvgIpc) is 2.98. The molecule has 0 spiro atoms. The molecule has 1 N–H and O–H groups in total. The Bertz CT molecular complexity index is 1120. The number of hydrogen-bond acceptors (Lipinski definition) is 7. The second-order valence-corrected chi connectivity index (χ2v) is 8.35. The van der Waals surface area contributed by atoms with Gasteiger partial charge in [-0.25, -0.2) is 0 Å². The fourth-order valence-corrected chi connectivity index (χ4v) is 3.87. The highest BCUT2D eigenvalue weighted by Gasteiger charge is 2.31. The molecule has 0 atom stereocenters. The van der Waals surface area contributed by atoms with Gasteiger partial charge in [0.1, 0.15) is 25.5 Å². The Morgan fingerprint density at radius 1 is 1.06 bits per heavy atom. The number of benzene rings is 2. The molecule has 0 saturated heterocycles. The van der Waals surface area contributed by atoms with Gasteiger partial charge in [-0.05, 0) is 29.8 Å². The molecule has 3 rings (SSSR count). The SMILES string of the molecule is COCCNC(=O)CN1Cc2ccccc2N(C(=O)c2ccc(OCCOC(C)=O)cc2Cl)CC1=O. The van der Waals surface area contributed by atoms with Crippen LogP contribution >= 0.6 is 11.6 Å². The predicted octanol–water partition coefficient (Wildman–Crippen LogP) is 2.03. The van der Waals surface area contributed by atoms with Gasteiger partial charge in [-0.15, -0.1) is 0 Å². The van der Waals surface area contributed by atoms with Crippen molar-refractivity contribution in [3.8, 4) is 5.75 Å². The van der Waals surface area contributed by atoms with Gasteiger partial charge in [-0.1, -0.05) is 29.8 Å². The van der Waals surface area contributed by atoms with Gasteiger partial charge in [0.15, 0.2) is 0 Å². The molecule has 0 unspecified atom stereocenters. The van der Waals surface area contributed by atoms with Crippen LogP contribution in [-0.4, -0.2) is 75.2 Å². The molecule has 1 aliphatic heterocycles. The summed E-state index contributed by atoms with van der Waals surface area (Å²) < 4.78 is 15.3. The van der Waals surface area contributed by atoms with Crippen LogP contribution in [0.25, 0.3) is 0 Å². The van der Waals surface area contributed by atoms with E-state index in [9.17, 15) is 19.2 Å². The molecule has 192 valence electrons. The minimum Gasteiger partial charge on any atom is -0.490 e. The zero-order valence-corrected chi connectivity index (χ0v) is 20.9. The van der Waals surface area contributed by atoms with Gasteiger partial charge >= 0.3 is 5.97 Å². The van der Waals surface area contributed by atoms with Crippen LogP contribution in [-0.2, 0) is 30.4 Å². The van der Waals surface area contributed by atoms with Crippen molar-refractivity contribution < 1.29 is 33.4 Å². The fraction of sp³-hybridized carbons (Fsp3) is 0.360. The minimum absolute atomic E-state index is 0.0845. The second-order valence-electron chi connectivity index (χ2n) is 7.94. The summed E-state index contributed by atoms with van der Waals surface area (Å²) in [5, 5.41) is 2.85. The maximum absolute atomic E-state index is 13.5. The predicted molar refractivity (Wildman–Crippen MR) is 132 cm³/mol. The van der Waals surface area contributed by atoms with Crippen molar-refractivity contribution in [2.75, 3.05) is 51.5 Å². The van der Waals surface area contributed by atoms with Crippen LogP contribution in [0.4, 0.5) is 5.69 Å². The number of fused-ring (bicyclic) bond motifs is 1. The lowest BCUT2D eigenvalue weighted by Crippen LogP contribution is -2.44. The van der Waals surface area contributed by atoms with E-state index in [1.165, 1.54) is 36.0 Å². The van der Waals surface area contributed by atoms with Crippen LogP contribution in [0.1, 0.15) is 22.8 Å². The van der Waals surface area contributed by atoms with Crippen LogP contribution in [0.2, 0.25) is 5.02 Å². The average molecular weight is 518 g/mol. The van der Waals surface area contributed by atoms with Crippen molar-refractivity contribution in [2.45, 2.75) is 13.5 Å². The first-order valence-electron chi connectivity index (χ1n) is 11.3. The summed E-state index contributed by atoms with van der Waals surface area (Å²) in [6.45, 7) is 2.01. The molecule has 2 aromatic carbocycles. The van der Waals surface area contributed by atoms with Gasteiger partial charge in [0.05, 0.1) is 23.7 Å². The van der Waals surface area contributed by atoms with Gasteiger partial charge in [0.25, 0.3) is 5.91 Å². The monoisotopic (exact) mass is 517 g/mol. The number of carbonyl (C=O) groups excluding carboxylic acids is 4. The molecular weight excluding hydrogens is 490 g/mol. The molecule has 0 aromatic heterocycles. The summed E-state index contributed by atoms with van der Waals surface area (Å²) in [6, 6.07) is 11.7. The normalized spacial score (nSPS) is 13.0. The Kier molecular flexibility index (Phi) is 9.66. The van der Waals surface area contributed by atoms with Crippen LogP contribution in [0.3, 0.4) is 0 Å². The first-order chi connectivity index (χ1) is 17.3. The number of ether oxygens (including phenoxy) is 3. The molecule has 0 fully saturated rings. The van der Waals surface area contributed by atoms with Gasteiger partial charge in [0.2, 0.25) is 11.8 Å². The third-order valence-corrected chi connectivity index (χ3v) is 5.64. The Labute approximate surface area is 214 Å². The number of methoxy groups -OCH3 is 1. The van der Waals surface area contributed by atoms with E-state index in [1.807, 2.05) is 12.1 Å². The molecule has 0 aliphatic carbocycles. The van der Waals surface area contributed by atoms with Crippen molar-refractivity contribution in [2.24, 2.45) is 0 Å². The van der Waals surface area contributed by atoms with E-state index in [0.29, 0.717) is 24.6 Å². The summed E-state index contributed by atoms with van der Waals surface area (Å²) in [6.07, 6.45) is 0. The Balaban J connectivity index is 1.76. The van der Waals surface area contributed by atoms with Crippen LogP contribution in [0.5, 0.6) is 5.75 Å². The zero-order chi connectivity index (χ0) is 26.1. The molecule has 1 heterocycles. The van der Waals surface area contributed by atoms with E-state index in [1.54, 1.807) is 18.2 Å². The number of esters is 1. The standard InChI is InChI=1S/C25H28ClN3O7/c1-17(30)35-11-12-36-19-7-8-20(21(26)13-19)25(33)29-16-24(32)28(15-23(31)27-9-10-34-2)14-18-5-3-4-6-22(18)29/h3-8,13H,9-12,14-16H2,1-2H3,(H,27,31). The van der Waals surface area contributed by atoms with Crippen LogP contribution < -0.4 is 15.0 Å².